The molecule has 1 atom stereocenters. The highest BCUT2D eigenvalue weighted by Crippen LogP contribution is 2.25. The maximum atomic E-state index is 12.5. The van der Waals surface area contributed by atoms with Gasteiger partial charge in [0.1, 0.15) is 11.4 Å². The topological polar surface area (TPSA) is 87.4 Å². The number of carbonyl (C=O) groups excluding carboxylic acids is 1. The fourth-order valence-corrected chi connectivity index (χ4v) is 3.41. The van der Waals surface area contributed by atoms with Crippen molar-refractivity contribution in [1.82, 2.24) is 24.4 Å². The van der Waals surface area contributed by atoms with Crippen LogP contribution in [0.1, 0.15) is 25.6 Å². The summed E-state index contributed by atoms with van der Waals surface area (Å²) in [5.74, 6) is 1.61. The summed E-state index contributed by atoms with van der Waals surface area (Å²) in [6.45, 7) is 4.06. The monoisotopic (exact) mass is 358 g/mol. The molecule has 1 unspecified atom stereocenters. The molecule has 8 nitrogen and oxygen atoms in total. The van der Waals surface area contributed by atoms with Crippen molar-refractivity contribution < 1.29 is 9.90 Å². The Morgan fingerprint density at radius 1 is 1.31 bits per heavy atom. The highest BCUT2D eigenvalue weighted by Gasteiger charge is 2.38. The van der Waals surface area contributed by atoms with Gasteiger partial charge in [0.25, 0.3) is 0 Å². The average Bonchev–Trinajstić information content (AvgIpc) is 3.26. The number of likely N-dealkylation sites (N-methyl/N-ethyl adjacent to an activating group) is 1. The molecule has 3 heterocycles. The van der Waals surface area contributed by atoms with E-state index >= 15 is 0 Å². The number of hydrogen-bond donors (Lipinski definition) is 1. The number of carbonyl (C=O) groups is 1. The van der Waals surface area contributed by atoms with Gasteiger partial charge in [-0.1, -0.05) is 6.92 Å². The highest BCUT2D eigenvalue weighted by atomic mass is 16.3. The molecule has 0 saturated carbocycles. The number of amides is 1. The Labute approximate surface area is 153 Å². The molecule has 3 rings (SSSR count). The number of β-amino-alcohol motifs (C(OH)–C–C–N with tert-alkyl or cyclic N) is 1. The van der Waals surface area contributed by atoms with Crippen LogP contribution in [0.15, 0.2) is 30.9 Å². The van der Waals surface area contributed by atoms with Crippen LogP contribution in [0.2, 0.25) is 0 Å². The van der Waals surface area contributed by atoms with Gasteiger partial charge in [-0.15, -0.1) is 0 Å². The van der Waals surface area contributed by atoms with E-state index in [2.05, 4.69) is 15.0 Å². The predicted octanol–water partition coefficient (Wildman–Crippen LogP) is 0.725. The summed E-state index contributed by atoms with van der Waals surface area (Å²) in [4.78, 5) is 28.8. The van der Waals surface area contributed by atoms with E-state index in [0.29, 0.717) is 45.0 Å². The van der Waals surface area contributed by atoms with Crippen molar-refractivity contribution in [2.45, 2.75) is 38.3 Å². The second-order valence-corrected chi connectivity index (χ2v) is 6.83. The van der Waals surface area contributed by atoms with E-state index in [4.69, 9.17) is 0 Å². The number of hydrogen-bond acceptors (Lipinski definition) is 6. The number of aromatic nitrogens is 4. The maximum absolute atomic E-state index is 12.5. The number of aliphatic hydroxyl groups is 1. The number of aryl methyl sites for hydroxylation is 2. The molecule has 1 aliphatic heterocycles. The van der Waals surface area contributed by atoms with Gasteiger partial charge in [0.05, 0.1) is 13.1 Å². The fourth-order valence-electron chi connectivity index (χ4n) is 3.41. The SMILES string of the molecule is CCc1nccn1CCC(=O)N(C)CC1(O)CCN(c2ncccn2)C1. The van der Waals surface area contributed by atoms with Crippen LogP contribution in [-0.4, -0.2) is 67.7 Å². The van der Waals surface area contributed by atoms with Crippen molar-refractivity contribution in [3.05, 3.63) is 36.7 Å². The number of imidazole rings is 1. The number of nitrogens with zero attached hydrogens (tertiary/aromatic N) is 6. The average molecular weight is 358 g/mol. The van der Waals surface area contributed by atoms with E-state index in [0.717, 1.165) is 12.2 Å². The summed E-state index contributed by atoms with van der Waals surface area (Å²) in [7, 11) is 1.75. The van der Waals surface area contributed by atoms with Crippen molar-refractivity contribution in [2.75, 3.05) is 31.6 Å². The van der Waals surface area contributed by atoms with Gasteiger partial charge < -0.3 is 19.5 Å². The fraction of sp³-hybridized carbons (Fsp3) is 0.556. The minimum absolute atomic E-state index is 0.0172. The maximum Gasteiger partial charge on any atom is 0.225 e. The molecule has 0 aromatic carbocycles. The zero-order valence-electron chi connectivity index (χ0n) is 15.4. The molecule has 1 aliphatic rings. The summed E-state index contributed by atoms with van der Waals surface area (Å²) in [5, 5.41) is 10.9. The molecule has 2 aromatic heterocycles. The third-order valence-electron chi connectivity index (χ3n) is 4.81. The van der Waals surface area contributed by atoms with Crippen LogP contribution in [0.5, 0.6) is 0 Å². The van der Waals surface area contributed by atoms with Gasteiger partial charge in [0.15, 0.2) is 0 Å². The van der Waals surface area contributed by atoms with Crippen LogP contribution in [-0.2, 0) is 17.8 Å². The summed E-state index contributed by atoms with van der Waals surface area (Å²) in [6.07, 6.45) is 8.86. The molecular weight excluding hydrogens is 332 g/mol. The van der Waals surface area contributed by atoms with Crippen LogP contribution in [0.25, 0.3) is 0 Å². The van der Waals surface area contributed by atoms with Crippen molar-refractivity contribution >= 4 is 11.9 Å². The van der Waals surface area contributed by atoms with Gasteiger partial charge in [-0.3, -0.25) is 4.79 Å². The summed E-state index contributed by atoms with van der Waals surface area (Å²) in [5.41, 5.74) is -0.937. The van der Waals surface area contributed by atoms with Crippen LogP contribution in [0.4, 0.5) is 5.95 Å². The summed E-state index contributed by atoms with van der Waals surface area (Å²) >= 11 is 0. The lowest BCUT2D eigenvalue weighted by Gasteiger charge is -2.29. The Balaban J connectivity index is 1.52. The molecule has 2 aromatic rings. The van der Waals surface area contributed by atoms with E-state index in [1.807, 2.05) is 22.6 Å². The van der Waals surface area contributed by atoms with Gasteiger partial charge in [0, 0.05) is 57.8 Å². The van der Waals surface area contributed by atoms with Crippen LogP contribution >= 0.6 is 0 Å². The molecular formula is C18H26N6O2. The predicted molar refractivity (Wildman–Crippen MR) is 97.7 cm³/mol. The van der Waals surface area contributed by atoms with Crippen molar-refractivity contribution in [2.24, 2.45) is 0 Å². The lowest BCUT2D eigenvalue weighted by Crippen LogP contribution is -2.46. The first-order chi connectivity index (χ1) is 12.5. The first kappa shape index (κ1) is 18.3. The standard InChI is InChI=1S/C18H26N6O2/c1-3-15-19-9-12-23(15)10-5-16(25)22(2)13-18(26)6-11-24(14-18)17-20-7-4-8-21-17/h4,7-9,12,26H,3,5-6,10-11,13-14H2,1-2H3. The molecule has 0 bridgehead atoms. The zero-order valence-corrected chi connectivity index (χ0v) is 15.4. The molecule has 1 amide bonds. The third-order valence-corrected chi connectivity index (χ3v) is 4.81. The van der Waals surface area contributed by atoms with Gasteiger partial charge in [0.2, 0.25) is 11.9 Å². The van der Waals surface area contributed by atoms with Crippen LogP contribution in [0.3, 0.4) is 0 Å². The van der Waals surface area contributed by atoms with E-state index in [9.17, 15) is 9.90 Å². The molecule has 140 valence electrons. The molecule has 0 radical (unpaired) electrons. The van der Waals surface area contributed by atoms with Crippen LogP contribution in [0, 0.1) is 0 Å². The van der Waals surface area contributed by atoms with Gasteiger partial charge in [-0.2, -0.15) is 0 Å². The normalized spacial score (nSPS) is 19.7. The quantitative estimate of drug-likeness (QED) is 0.785. The molecule has 1 saturated heterocycles. The van der Waals surface area contributed by atoms with E-state index in [1.54, 1.807) is 36.6 Å². The second kappa shape index (κ2) is 7.82. The Bertz CT molecular complexity index is 734. The summed E-state index contributed by atoms with van der Waals surface area (Å²) < 4.78 is 2.00. The van der Waals surface area contributed by atoms with Crippen molar-refractivity contribution in [3.8, 4) is 0 Å². The second-order valence-electron chi connectivity index (χ2n) is 6.83. The van der Waals surface area contributed by atoms with Gasteiger partial charge in [-0.05, 0) is 12.5 Å². The highest BCUT2D eigenvalue weighted by molar-refractivity contribution is 5.75. The number of anilines is 1. The molecule has 8 heteroatoms. The van der Waals surface area contributed by atoms with Gasteiger partial charge in [-0.25, -0.2) is 15.0 Å². The Hall–Kier alpha value is -2.48. The molecule has 1 N–H and O–H groups in total. The molecule has 0 spiro atoms. The molecule has 1 fully saturated rings. The smallest absolute Gasteiger partial charge is 0.225 e. The lowest BCUT2D eigenvalue weighted by molar-refractivity contribution is -0.133. The van der Waals surface area contributed by atoms with E-state index < -0.39 is 5.60 Å². The molecule has 26 heavy (non-hydrogen) atoms. The van der Waals surface area contributed by atoms with Gasteiger partial charge >= 0.3 is 0 Å². The summed E-state index contributed by atoms with van der Waals surface area (Å²) in [6, 6.07) is 1.77. The largest absolute Gasteiger partial charge is 0.386 e. The van der Waals surface area contributed by atoms with Crippen LogP contribution < -0.4 is 4.90 Å². The minimum Gasteiger partial charge on any atom is -0.386 e. The Morgan fingerprint density at radius 3 is 2.81 bits per heavy atom. The Kier molecular flexibility index (Phi) is 5.51. The Morgan fingerprint density at radius 2 is 2.08 bits per heavy atom. The van der Waals surface area contributed by atoms with E-state index in [1.165, 1.54) is 0 Å². The number of rotatable bonds is 7. The lowest BCUT2D eigenvalue weighted by atomic mass is 10.0. The molecule has 0 aliphatic carbocycles. The zero-order chi connectivity index (χ0) is 18.6. The van der Waals surface area contributed by atoms with E-state index in [-0.39, 0.29) is 5.91 Å². The third kappa shape index (κ3) is 4.19. The minimum atomic E-state index is -0.937. The first-order valence-electron chi connectivity index (χ1n) is 8.99. The van der Waals surface area contributed by atoms with Crippen molar-refractivity contribution in [3.63, 3.8) is 0 Å². The first-order valence-corrected chi connectivity index (χ1v) is 8.99. The van der Waals surface area contributed by atoms with Crippen molar-refractivity contribution in [1.29, 1.82) is 0 Å².